The number of pyridine rings is 1. The molecule has 1 fully saturated rings. The van der Waals surface area contributed by atoms with Crippen LogP contribution in [0.5, 0.6) is 0 Å². The Labute approximate surface area is 156 Å². The molecule has 3 heterocycles. The van der Waals surface area contributed by atoms with E-state index in [1.54, 1.807) is 12.3 Å². The fourth-order valence-electron chi connectivity index (χ4n) is 3.61. The average Bonchev–Trinajstić information content (AvgIpc) is 2.70. The van der Waals surface area contributed by atoms with E-state index in [4.69, 9.17) is 0 Å². The van der Waals surface area contributed by atoms with Crippen LogP contribution in [-0.4, -0.2) is 32.9 Å². The summed E-state index contributed by atoms with van der Waals surface area (Å²) in [5.74, 6) is 0.617. The summed E-state index contributed by atoms with van der Waals surface area (Å²) in [5.41, 5.74) is 1.79. The fourth-order valence-corrected chi connectivity index (χ4v) is 3.61. The number of nitrogens with one attached hydrogen (secondary N) is 1. The van der Waals surface area contributed by atoms with E-state index in [2.05, 4.69) is 19.9 Å². The summed E-state index contributed by atoms with van der Waals surface area (Å²) in [5, 5.41) is 0. The maximum Gasteiger partial charge on any atom is 0.251 e. The van der Waals surface area contributed by atoms with Crippen molar-refractivity contribution in [1.29, 1.82) is 0 Å². The summed E-state index contributed by atoms with van der Waals surface area (Å²) in [6.07, 6.45) is 3.62. The lowest BCUT2D eigenvalue weighted by molar-refractivity contribution is 0.194. The maximum absolute atomic E-state index is 14.0. The van der Waals surface area contributed by atoms with Crippen LogP contribution in [0.3, 0.4) is 0 Å². The van der Waals surface area contributed by atoms with Gasteiger partial charge in [0.25, 0.3) is 5.56 Å². The van der Waals surface area contributed by atoms with Gasteiger partial charge in [-0.3, -0.25) is 14.7 Å². The smallest absolute Gasteiger partial charge is 0.251 e. The molecule has 5 nitrogen and oxygen atoms in total. The van der Waals surface area contributed by atoms with E-state index in [1.165, 1.54) is 12.1 Å². The predicted molar refractivity (Wildman–Crippen MR) is 102 cm³/mol. The Bertz CT molecular complexity index is 973. The summed E-state index contributed by atoms with van der Waals surface area (Å²) in [6.45, 7) is 2.21. The average molecular weight is 364 g/mol. The van der Waals surface area contributed by atoms with Gasteiger partial charge >= 0.3 is 0 Å². The Morgan fingerprint density at radius 1 is 1.15 bits per heavy atom. The SMILES string of the molecule is O=c1cc(-c2ccccn2)nc(C2CCCN(Cc3ccccc3F)C2)[nH]1. The quantitative estimate of drug-likeness (QED) is 0.771. The first-order valence-electron chi connectivity index (χ1n) is 9.17. The monoisotopic (exact) mass is 364 g/mol. The van der Waals surface area contributed by atoms with Gasteiger partial charge < -0.3 is 4.98 Å². The van der Waals surface area contributed by atoms with Crippen LogP contribution in [0.25, 0.3) is 11.4 Å². The summed E-state index contributed by atoms with van der Waals surface area (Å²) >= 11 is 0. The highest BCUT2D eigenvalue weighted by Crippen LogP contribution is 2.26. The Morgan fingerprint density at radius 3 is 2.81 bits per heavy atom. The highest BCUT2D eigenvalue weighted by Gasteiger charge is 2.24. The van der Waals surface area contributed by atoms with Crippen molar-refractivity contribution in [2.45, 2.75) is 25.3 Å². The first-order chi connectivity index (χ1) is 13.2. The minimum atomic E-state index is -0.177. The van der Waals surface area contributed by atoms with Gasteiger partial charge in [0.2, 0.25) is 0 Å². The van der Waals surface area contributed by atoms with Crippen LogP contribution in [0.1, 0.15) is 30.1 Å². The molecule has 0 aliphatic carbocycles. The van der Waals surface area contributed by atoms with Crippen molar-refractivity contribution in [3.8, 4) is 11.4 Å². The third-order valence-corrected chi connectivity index (χ3v) is 4.93. The van der Waals surface area contributed by atoms with E-state index in [0.29, 0.717) is 29.3 Å². The van der Waals surface area contributed by atoms with Crippen LogP contribution in [0.15, 0.2) is 59.5 Å². The zero-order valence-corrected chi connectivity index (χ0v) is 14.9. The molecule has 1 atom stereocenters. The van der Waals surface area contributed by atoms with Gasteiger partial charge in [0, 0.05) is 36.8 Å². The first-order valence-corrected chi connectivity index (χ1v) is 9.17. The lowest BCUT2D eigenvalue weighted by Gasteiger charge is -2.32. The molecule has 1 saturated heterocycles. The van der Waals surface area contributed by atoms with Crippen LogP contribution in [0, 0.1) is 5.82 Å². The van der Waals surface area contributed by atoms with Gasteiger partial charge in [-0.2, -0.15) is 0 Å². The summed E-state index contributed by atoms with van der Waals surface area (Å²) in [7, 11) is 0. The van der Waals surface area contributed by atoms with Crippen molar-refractivity contribution in [3.05, 3.63) is 82.3 Å². The molecule has 138 valence electrons. The molecule has 0 bridgehead atoms. The largest absolute Gasteiger partial charge is 0.310 e. The summed E-state index contributed by atoms with van der Waals surface area (Å²) < 4.78 is 14.0. The number of likely N-dealkylation sites (tertiary alicyclic amines) is 1. The molecule has 27 heavy (non-hydrogen) atoms. The van der Waals surface area contributed by atoms with Gasteiger partial charge in [-0.25, -0.2) is 9.37 Å². The molecular formula is C21H21FN4O. The number of aromatic amines is 1. The molecule has 0 radical (unpaired) electrons. The number of rotatable bonds is 4. The Kier molecular flexibility index (Phi) is 5.07. The van der Waals surface area contributed by atoms with E-state index in [9.17, 15) is 9.18 Å². The number of nitrogens with zero attached hydrogens (tertiary/aromatic N) is 3. The number of benzene rings is 1. The normalized spacial score (nSPS) is 17.7. The maximum atomic E-state index is 14.0. The van der Waals surface area contributed by atoms with E-state index >= 15 is 0 Å². The van der Waals surface area contributed by atoms with Crippen molar-refractivity contribution >= 4 is 0 Å². The fraction of sp³-hybridized carbons (Fsp3) is 0.286. The van der Waals surface area contributed by atoms with Crippen molar-refractivity contribution in [3.63, 3.8) is 0 Å². The molecule has 1 aromatic carbocycles. The van der Waals surface area contributed by atoms with Crippen LogP contribution >= 0.6 is 0 Å². The van der Waals surface area contributed by atoms with E-state index in [-0.39, 0.29) is 17.3 Å². The summed E-state index contributed by atoms with van der Waals surface area (Å²) in [4.78, 5) is 26.2. The topological polar surface area (TPSA) is 61.9 Å². The van der Waals surface area contributed by atoms with Crippen LogP contribution in [-0.2, 0) is 6.54 Å². The summed E-state index contributed by atoms with van der Waals surface area (Å²) in [6, 6.07) is 13.9. The zero-order valence-electron chi connectivity index (χ0n) is 14.9. The first kappa shape index (κ1) is 17.5. The van der Waals surface area contributed by atoms with Crippen LogP contribution < -0.4 is 5.56 Å². The number of piperidine rings is 1. The number of H-pyrrole nitrogens is 1. The molecule has 0 saturated carbocycles. The molecule has 6 heteroatoms. The van der Waals surface area contributed by atoms with E-state index < -0.39 is 0 Å². The van der Waals surface area contributed by atoms with Crippen LogP contribution in [0.4, 0.5) is 4.39 Å². The predicted octanol–water partition coefficient (Wildman–Crippen LogP) is 3.35. The van der Waals surface area contributed by atoms with Gasteiger partial charge in [-0.05, 0) is 37.6 Å². The molecule has 4 rings (SSSR count). The number of hydrogen-bond donors (Lipinski definition) is 1. The number of hydrogen-bond acceptors (Lipinski definition) is 4. The van der Waals surface area contributed by atoms with Crippen LogP contribution in [0.2, 0.25) is 0 Å². The van der Waals surface area contributed by atoms with E-state index in [0.717, 1.165) is 25.9 Å². The highest BCUT2D eigenvalue weighted by molar-refractivity contribution is 5.52. The van der Waals surface area contributed by atoms with Crippen molar-refractivity contribution in [2.24, 2.45) is 0 Å². The van der Waals surface area contributed by atoms with Crippen molar-refractivity contribution in [2.75, 3.05) is 13.1 Å². The molecular weight excluding hydrogens is 343 g/mol. The van der Waals surface area contributed by atoms with E-state index in [1.807, 2.05) is 30.3 Å². The lowest BCUT2D eigenvalue weighted by atomic mass is 9.96. The minimum absolute atomic E-state index is 0.113. The minimum Gasteiger partial charge on any atom is -0.310 e. The Balaban J connectivity index is 1.55. The van der Waals surface area contributed by atoms with Gasteiger partial charge in [0.05, 0.1) is 11.4 Å². The standard InChI is InChI=1S/C21H21FN4O/c22-17-8-2-1-6-15(17)13-26-11-5-7-16(14-26)21-24-19(12-20(27)25-21)18-9-3-4-10-23-18/h1-4,6,8-10,12,16H,5,7,11,13-14H2,(H,24,25,27). The van der Waals surface area contributed by atoms with Gasteiger partial charge in [-0.15, -0.1) is 0 Å². The molecule has 1 aliphatic heterocycles. The molecule has 1 N–H and O–H groups in total. The Morgan fingerprint density at radius 2 is 2.00 bits per heavy atom. The number of aromatic nitrogens is 3. The lowest BCUT2D eigenvalue weighted by Crippen LogP contribution is -2.35. The second-order valence-corrected chi connectivity index (χ2v) is 6.90. The second kappa shape index (κ2) is 7.80. The number of halogens is 1. The molecule has 3 aromatic rings. The zero-order chi connectivity index (χ0) is 18.6. The van der Waals surface area contributed by atoms with Crippen molar-refractivity contribution < 1.29 is 4.39 Å². The third-order valence-electron chi connectivity index (χ3n) is 4.93. The molecule has 1 unspecified atom stereocenters. The Hall–Kier alpha value is -2.86. The molecule has 1 aliphatic rings. The molecule has 0 spiro atoms. The third kappa shape index (κ3) is 4.11. The second-order valence-electron chi connectivity index (χ2n) is 6.90. The van der Waals surface area contributed by atoms with Gasteiger partial charge in [0.15, 0.2) is 0 Å². The van der Waals surface area contributed by atoms with Crippen molar-refractivity contribution in [1.82, 2.24) is 19.9 Å². The van der Waals surface area contributed by atoms with Gasteiger partial charge in [0.1, 0.15) is 11.6 Å². The van der Waals surface area contributed by atoms with Gasteiger partial charge in [-0.1, -0.05) is 24.3 Å². The highest BCUT2D eigenvalue weighted by atomic mass is 19.1. The molecule has 0 amide bonds. The molecule has 2 aromatic heterocycles.